The summed E-state index contributed by atoms with van der Waals surface area (Å²) in [6.45, 7) is 5.26. The Morgan fingerprint density at radius 3 is 3.00 bits per heavy atom. The molecular formula is C16H22ClN3. The van der Waals surface area contributed by atoms with E-state index in [1.54, 1.807) is 0 Å². The van der Waals surface area contributed by atoms with Gasteiger partial charge < -0.3 is 10.3 Å². The van der Waals surface area contributed by atoms with E-state index in [2.05, 4.69) is 18.4 Å². The number of imidazole rings is 1. The fraction of sp³-hybridized carbons (Fsp3) is 0.562. The van der Waals surface area contributed by atoms with Crippen LogP contribution in [0.2, 0.25) is 5.02 Å². The first kappa shape index (κ1) is 13.9. The molecule has 2 N–H and O–H groups in total. The first-order valence-corrected chi connectivity index (χ1v) is 7.87. The Morgan fingerprint density at radius 2 is 2.30 bits per heavy atom. The molecular weight excluding hydrogens is 270 g/mol. The van der Waals surface area contributed by atoms with Gasteiger partial charge in [-0.15, -0.1) is 0 Å². The molecule has 1 aliphatic rings. The number of hydrogen-bond donors (Lipinski definition) is 1. The van der Waals surface area contributed by atoms with Crippen molar-refractivity contribution in [3.8, 4) is 0 Å². The lowest BCUT2D eigenvalue weighted by Gasteiger charge is -2.36. The summed E-state index contributed by atoms with van der Waals surface area (Å²) in [4.78, 5) is 4.83. The second-order valence-corrected chi connectivity index (χ2v) is 6.55. The van der Waals surface area contributed by atoms with E-state index in [1.807, 2.05) is 18.2 Å². The molecule has 108 valence electrons. The summed E-state index contributed by atoms with van der Waals surface area (Å²) in [5, 5.41) is 0.760. The summed E-state index contributed by atoms with van der Waals surface area (Å²) in [5.74, 6) is 1.67. The second-order valence-electron chi connectivity index (χ2n) is 6.14. The van der Waals surface area contributed by atoms with Gasteiger partial charge in [-0.1, -0.05) is 37.4 Å². The van der Waals surface area contributed by atoms with E-state index in [0.717, 1.165) is 41.3 Å². The molecule has 2 unspecified atom stereocenters. The lowest BCUT2D eigenvalue weighted by molar-refractivity contribution is 0.223. The zero-order chi connectivity index (χ0) is 14.3. The Bertz CT molecular complexity index is 634. The zero-order valence-electron chi connectivity index (χ0n) is 12.2. The van der Waals surface area contributed by atoms with Crippen LogP contribution in [0.5, 0.6) is 0 Å². The van der Waals surface area contributed by atoms with Crippen LogP contribution in [-0.4, -0.2) is 9.55 Å². The number of hydrogen-bond acceptors (Lipinski definition) is 2. The fourth-order valence-electron chi connectivity index (χ4n) is 3.62. The average Bonchev–Trinajstić information content (AvgIpc) is 2.79. The van der Waals surface area contributed by atoms with Crippen molar-refractivity contribution < 1.29 is 0 Å². The monoisotopic (exact) mass is 291 g/mol. The van der Waals surface area contributed by atoms with Gasteiger partial charge in [-0.3, -0.25) is 0 Å². The summed E-state index contributed by atoms with van der Waals surface area (Å²) in [7, 11) is 0. The molecule has 0 radical (unpaired) electrons. The van der Waals surface area contributed by atoms with Gasteiger partial charge in [0.05, 0.1) is 21.6 Å². The van der Waals surface area contributed by atoms with Crippen molar-refractivity contribution in [3.05, 3.63) is 29.0 Å². The Hall–Kier alpha value is -1.06. The number of aryl methyl sites for hydroxylation is 1. The maximum absolute atomic E-state index is 6.73. The van der Waals surface area contributed by atoms with Gasteiger partial charge in [0.15, 0.2) is 0 Å². The maximum atomic E-state index is 6.73. The lowest BCUT2D eigenvalue weighted by atomic mass is 9.76. The molecule has 0 spiro atoms. The molecule has 0 aliphatic heterocycles. The standard InChI is InChI=1S/C16H22ClN3/c1-3-20-14-12(17)7-4-8-13(14)19-15(20)16(18)9-5-6-11(2)10-16/h4,7-8,11H,3,5-6,9-10,18H2,1-2H3. The molecule has 3 rings (SSSR count). The average molecular weight is 292 g/mol. The van der Waals surface area contributed by atoms with Gasteiger partial charge >= 0.3 is 0 Å². The van der Waals surface area contributed by atoms with E-state index in [4.69, 9.17) is 22.3 Å². The highest BCUT2D eigenvalue weighted by atomic mass is 35.5. The van der Waals surface area contributed by atoms with E-state index in [9.17, 15) is 0 Å². The fourth-order valence-corrected chi connectivity index (χ4v) is 3.90. The molecule has 1 heterocycles. The Labute approximate surface area is 125 Å². The van der Waals surface area contributed by atoms with Gasteiger partial charge in [0, 0.05) is 6.54 Å². The van der Waals surface area contributed by atoms with Crippen LogP contribution >= 0.6 is 11.6 Å². The number of rotatable bonds is 2. The largest absolute Gasteiger partial charge is 0.325 e. The van der Waals surface area contributed by atoms with Crippen LogP contribution in [0.1, 0.15) is 45.4 Å². The molecule has 0 bridgehead atoms. The SMILES string of the molecule is CCn1c(C2(N)CCCC(C)C2)nc2cccc(Cl)c21. The van der Waals surface area contributed by atoms with E-state index < -0.39 is 0 Å². The highest BCUT2D eigenvalue weighted by Crippen LogP contribution is 2.39. The molecule has 1 aliphatic carbocycles. The van der Waals surface area contributed by atoms with Crippen molar-refractivity contribution in [1.29, 1.82) is 0 Å². The summed E-state index contributed by atoms with van der Waals surface area (Å²) in [6.07, 6.45) is 4.47. The minimum absolute atomic E-state index is 0.309. The van der Waals surface area contributed by atoms with Crippen molar-refractivity contribution in [1.82, 2.24) is 9.55 Å². The van der Waals surface area contributed by atoms with Crippen molar-refractivity contribution in [2.24, 2.45) is 11.7 Å². The lowest BCUT2D eigenvalue weighted by Crippen LogP contribution is -2.43. The highest BCUT2D eigenvalue weighted by molar-refractivity contribution is 6.35. The molecule has 1 aromatic carbocycles. The molecule has 2 atom stereocenters. The maximum Gasteiger partial charge on any atom is 0.130 e. The van der Waals surface area contributed by atoms with Crippen molar-refractivity contribution in [2.45, 2.75) is 51.6 Å². The Balaban J connectivity index is 2.18. The molecule has 4 heteroatoms. The summed E-state index contributed by atoms with van der Waals surface area (Å²) >= 11 is 6.37. The number of halogens is 1. The van der Waals surface area contributed by atoms with Gasteiger partial charge in [-0.2, -0.15) is 0 Å². The van der Waals surface area contributed by atoms with Crippen LogP contribution in [0, 0.1) is 5.92 Å². The summed E-state index contributed by atoms with van der Waals surface area (Å²) < 4.78 is 2.20. The highest BCUT2D eigenvalue weighted by Gasteiger charge is 2.37. The van der Waals surface area contributed by atoms with Gasteiger partial charge in [0.1, 0.15) is 5.82 Å². The third-order valence-corrected chi connectivity index (χ3v) is 4.82. The molecule has 1 saturated carbocycles. The van der Waals surface area contributed by atoms with Gasteiger partial charge in [-0.05, 0) is 37.8 Å². The number of benzene rings is 1. The molecule has 3 nitrogen and oxygen atoms in total. The predicted octanol–water partition coefficient (Wildman–Crippen LogP) is 4.07. The number of para-hydroxylation sites is 1. The van der Waals surface area contributed by atoms with Crippen LogP contribution < -0.4 is 5.73 Å². The number of fused-ring (bicyclic) bond motifs is 1. The van der Waals surface area contributed by atoms with Gasteiger partial charge in [0.25, 0.3) is 0 Å². The van der Waals surface area contributed by atoms with E-state index >= 15 is 0 Å². The quantitative estimate of drug-likeness (QED) is 0.906. The molecule has 20 heavy (non-hydrogen) atoms. The number of nitrogens with two attached hydrogens (primary N) is 1. The van der Waals surface area contributed by atoms with E-state index in [1.165, 1.54) is 12.8 Å². The molecule has 1 aromatic heterocycles. The molecule has 1 fully saturated rings. The van der Waals surface area contributed by atoms with Crippen LogP contribution in [0.3, 0.4) is 0 Å². The van der Waals surface area contributed by atoms with E-state index in [0.29, 0.717) is 5.92 Å². The van der Waals surface area contributed by atoms with Gasteiger partial charge in [0.2, 0.25) is 0 Å². The number of nitrogens with zero attached hydrogens (tertiary/aromatic N) is 2. The minimum Gasteiger partial charge on any atom is -0.325 e. The third-order valence-electron chi connectivity index (χ3n) is 4.51. The number of aromatic nitrogens is 2. The Morgan fingerprint density at radius 1 is 1.50 bits per heavy atom. The topological polar surface area (TPSA) is 43.8 Å². The van der Waals surface area contributed by atoms with Crippen molar-refractivity contribution in [3.63, 3.8) is 0 Å². The van der Waals surface area contributed by atoms with Crippen LogP contribution in [0.25, 0.3) is 11.0 Å². The predicted molar refractivity (Wildman–Crippen MR) is 83.9 cm³/mol. The van der Waals surface area contributed by atoms with Crippen molar-refractivity contribution >= 4 is 22.6 Å². The van der Waals surface area contributed by atoms with Gasteiger partial charge in [-0.25, -0.2) is 4.98 Å². The summed E-state index contributed by atoms with van der Waals surface area (Å²) in [6, 6.07) is 5.90. The molecule has 2 aromatic rings. The summed E-state index contributed by atoms with van der Waals surface area (Å²) in [5.41, 5.74) is 8.40. The molecule has 0 saturated heterocycles. The van der Waals surface area contributed by atoms with Crippen LogP contribution in [-0.2, 0) is 12.1 Å². The van der Waals surface area contributed by atoms with Crippen LogP contribution in [0.4, 0.5) is 0 Å². The zero-order valence-corrected chi connectivity index (χ0v) is 13.0. The Kier molecular flexibility index (Phi) is 3.51. The van der Waals surface area contributed by atoms with Crippen molar-refractivity contribution in [2.75, 3.05) is 0 Å². The first-order valence-electron chi connectivity index (χ1n) is 7.49. The van der Waals surface area contributed by atoms with Crippen LogP contribution in [0.15, 0.2) is 18.2 Å². The smallest absolute Gasteiger partial charge is 0.130 e. The first-order chi connectivity index (χ1) is 9.55. The third kappa shape index (κ3) is 2.13. The normalized spacial score (nSPS) is 27.1. The minimum atomic E-state index is -0.309. The molecule has 0 amide bonds. The van der Waals surface area contributed by atoms with E-state index in [-0.39, 0.29) is 5.54 Å². The second kappa shape index (κ2) is 5.05.